The number of hydrogen-bond acceptors (Lipinski definition) is 5. The van der Waals surface area contributed by atoms with Crippen molar-refractivity contribution in [3.8, 4) is 16.9 Å². The second kappa shape index (κ2) is 8.26. The molecule has 33 heavy (non-hydrogen) atoms. The third-order valence-corrected chi connectivity index (χ3v) is 6.69. The van der Waals surface area contributed by atoms with Crippen LogP contribution in [0.2, 0.25) is 0 Å². The summed E-state index contributed by atoms with van der Waals surface area (Å²) in [7, 11) is 0. The number of rotatable bonds is 6. The molecular weight excluding hydrogens is 430 g/mol. The SMILES string of the molecule is O=C(O)C1(CNc2nc3cc(O)ccc3c(-c3cc(F)cc(F)c3)c2C2CCOCC2)CC1. The highest BCUT2D eigenvalue weighted by Gasteiger charge is 2.50. The molecule has 3 N–H and O–H groups in total. The van der Waals surface area contributed by atoms with Gasteiger partial charge >= 0.3 is 5.97 Å². The number of phenolic OH excluding ortho intramolecular Hbond substituents is 1. The Morgan fingerprint density at radius 1 is 1.12 bits per heavy atom. The number of nitrogens with zero attached hydrogens (tertiary/aromatic N) is 1. The lowest BCUT2D eigenvalue weighted by Gasteiger charge is -2.28. The van der Waals surface area contributed by atoms with Crippen LogP contribution in [0.4, 0.5) is 14.6 Å². The zero-order chi connectivity index (χ0) is 23.2. The summed E-state index contributed by atoms with van der Waals surface area (Å²) in [5, 5.41) is 23.6. The van der Waals surface area contributed by atoms with Crippen molar-refractivity contribution in [3.05, 3.63) is 53.6 Å². The summed E-state index contributed by atoms with van der Waals surface area (Å²) in [5.41, 5.74) is 1.42. The fourth-order valence-corrected chi connectivity index (χ4v) is 4.67. The van der Waals surface area contributed by atoms with Crippen LogP contribution in [0.1, 0.15) is 37.2 Å². The van der Waals surface area contributed by atoms with Crippen molar-refractivity contribution < 1.29 is 28.5 Å². The fraction of sp³-hybridized carbons (Fsp3) is 0.360. The second-order valence-electron chi connectivity index (χ2n) is 8.93. The van der Waals surface area contributed by atoms with Crippen molar-refractivity contribution in [3.63, 3.8) is 0 Å². The van der Waals surface area contributed by atoms with Gasteiger partial charge in [-0.15, -0.1) is 0 Å². The maximum atomic E-state index is 14.3. The number of pyridine rings is 1. The first-order valence-electron chi connectivity index (χ1n) is 11.0. The van der Waals surface area contributed by atoms with Crippen LogP contribution >= 0.6 is 0 Å². The molecule has 8 heteroatoms. The predicted octanol–water partition coefficient (Wildman–Crippen LogP) is 5.06. The van der Waals surface area contributed by atoms with Gasteiger partial charge < -0.3 is 20.3 Å². The summed E-state index contributed by atoms with van der Waals surface area (Å²) in [4.78, 5) is 16.5. The van der Waals surface area contributed by atoms with Crippen molar-refractivity contribution in [2.24, 2.45) is 5.41 Å². The molecule has 1 aliphatic carbocycles. The lowest BCUT2D eigenvalue weighted by atomic mass is 9.84. The maximum absolute atomic E-state index is 14.3. The van der Waals surface area contributed by atoms with E-state index in [0.29, 0.717) is 66.7 Å². The summed E-state index contributed by atoms with van der Waals surface area (Å²) in [6.45, 7) is 1.30. The quantitative estimate of drug-likeness (QED) is 0.483. The van der Waals surface area contributed by atoms with E-state index in [2.05, 4.69) is 5.32 Å². The van der Waals surface area contributed by atoms with E-state index in [9.17, 15) is 23.8 Å². The lowest BCUT2D eigenvalue weighted by Crippen LogP contribution is -2.26. The largest absolute Gasteiger partial charge is 0.508 e. The molecule has 3 aromatic rings. The second-order valence-corrected chi connectivity index (χ2v) is 8.93. The normalized spacial score (nSPS) is 17.8. The number of halogens is 2. The van der Waals surface area contributed by atoms with Gasteiger partial charge in [-0.3, -0.25) is 4.79 Å². The Morgan fingerprint density at radius 2 is 1.82 bits per heavy atom. The number of carboxylic acid groups (broad SMARTS) is 1. The van der Waals surface area contributed by atoms with E-state index in [1.54, 1.807) is 6.07 Å². The minimum absolute atomic E-state index is 0.00765. The number of anilines is 1. The van der Waals surface area contributed by atoms with E-state index in [-0.39, 0.29) is 18.2 Å². The first-order chi connectivity index (χ1) is 15.9. The smallest absolute Gasteiger partial charge is 0.311 e. The number of aliphatic carboxylic acids is 1. The standard InChI is InChI=1S/C25H24F2N2O4/c26-16-9-15(10-17(27)11-16)21-19-2-1-18(30)12-20(19)29-23(22(21)14-3-7-33-8-4-14)28-13-25(5-6-25)24(31)32/h1-2,9-12,14,30H,3-8,13H2,(H,28,29)(H,31,32). The van der Waals surface area contributed by atoms with E-state index >= 15 is 0 Å². The molecule has 1 aromatic heterocycles. The number of carbonyl (C=O) groups is 1. The number of hydrogen-bond donors (Lipinski definition) is 3. The lowest BCUT2D eigenvalue weighted by molar-refractivity contribution is -0.142. The first kappa shape index (κ1) is 21.6. The molecule has 1 saturated heterocycles. The molecule has 0 bridgehead atoms. The van der Waals surface area contributed by atoms with E-state index < -0.39 is 23.0 Å². The van der Waals surface area contributed by atoms with Gasteiger partial charge in [-0.25, -0.2) is 13.8 Å². The van der Waals surface area contributed by atoms with Gasteiger partial charge in [-0.1, -0.05) is 0 Å². The van der Waals surface area contributed by atoms with E-state index in [1.165, 1.54) is 24.3 Å². The molecule has 0 spiro atoms. The molecule has 0 radical (unpaired) electrons. The summed E-state index contributed by atoms with van der Waals surface area (Å²) in [6, 6.07) is 8.12. The average Bonchev–Trinajstić information content (AvgIpc) is 3.58. The number of aromatic nitrogens is 1. The summed E-state index contributed by atoms with van der Waals surface area (Å²) in [5.74, 6) is -1.73. The van der Waals surface area contributed by atoms with Gasteiger partial charge in [0.2, 0.25) is 0 Å². The highest BCUT2D eigenvalue weighted by Crippen LogP contribution is 2.48. The molecule has 0 atom stereocenters. The first-order valence-corrected chi connectivity index (χ1v) is 11.0. The van der Waals surface area contributed by atoms with Crippen LogP contribution in [0, 0.1) is 17.0 Å². The number of nitrogens with one attached hydrogen (secondary N) is 1. The monoisotopic (exact) mass is 454 g/mol. The Morgan fingerprint density at radius 3 is 2.45 bits per heavy atom. The minimum atomic E-state index is -0.853. The number of benzene rings is 2. The van der Waals surface area contributed by atoms with Gasteiger partial charge in [0.1, 0.15) is 23.2 Å². The van der Waals surface area contributed by atoms with Gasteiger partial charge in [0, 0.05) is 42.8 Å². The van der Waals surface area contributed by atoms with Gasteiger partial charge in [0.05, 0.1) is 10.9 Å². The van der Waals surface area contributed by atoms with Crippen molar-refractivity contribution in [2.75, 3.05) is 25.1 Å². The Labute approximate surface area is 189 Å². The zero-order valence-corrected chi connectivity index (χ0v) is 17.9. The highest BCUT2D eigenvalue weighted by atomic mass is 19.1. The van der Waals surface area contributed by atoms with Crippen LogP contribution in [0.5, 0.6) is 5.75 Å². The molecular formula is C25H24F2N2O4. The zero-order valence-electron chi connectivity index (χ0n) is 17.9. The third kappa shape index (κ3) is 4.11. The van der Waals surface area contributed by atoms with E-state index in [0.717, 1.165) is 11.6 Å². The third-order valence-electron chi connectivity index (χ3n) is 6.69. The van der Waals surface area contributed by atoms with Gasteiger partial charge in [-0.2, -0.15) is 0 Å². The number of phenols is 1. The summed E-state index contributed by atoms with van der Waals surface area (Å²) >= 11 is 0. The molecule has 0 amide bonds. The maximum Gasteiger partial charge on any atom is 0.311 e. The Kier molecular flexibility index (Phi) is 5.40. The summed E-state index contributed by atoms with van der Waals surface area (Å²) < 4.78 is 34.0. The van der Waals surface area contributed by atoms with Crippen LogP contribution in [-0.2, 0) is 9.53 Å². The highest BCUT2D eigenvalue weighted by molar-refractivity contribution is 5.99. The topological polar surface area (TPSA) is 91.7 Å². The van der Waals surface area contributed by atoms with Crippen LogP contribution in [0.15, 0.2) is 36.4 Å². The molecule has 2 aromatic carbocycles. The van der Waals surface area contributed by atoms with E-state index in [4.69, 9.17) is 9.72 Å². The summed E-state index contributed by atoms with van der Waals surface area (Å²) in [6.07, 6.45) is 2.57. The van der Waals surface area contributed by atoms with Crippen molar-refractivity contribution in [1.82, 2.24) is 4.98 Å². The average molecular weight is 454 g/mol. The Bertz CT molecular complexity index is 1220. The van der Waals surface area contributed by atoms with Crippen LogP contribution < -0.4 is 5.32 Å². The van der Waals surface area contributed by atoms with E-state index in [1.807, 2.05) is 0 Å². The van der Waals surface area contributed by atoms with Crippen molar-refractivity contribution in [2.45, 2.75) is 31.6 Å². The molecule has 5 rings (SSSR count). The number of ether oxygens (including phenoxy) is 1. The van der Waals surface area contributed by atoms with Crippen molar-refractivity contribution in [1.29, 1.82) is 0 Å². The number of carboxylic acids is 1. The van der Waals surface area contributed by atoms with Gasteiger partial charge in [0.25, 0.3) is 0 Å². The Hall–Kier alpha value is -3.26. The van der Waals surface area contributed by atoms with Crippen molar-refractivity contribution >= 4 is 22.7 Å². The fourth-order valence-electron chi connectivity index (χ4n) is 4.67. The Balaban J connectivity index is 1.74. The molecule has 172 valence electrons. The molecule has 2 heterocycles. The van der Waals surface area contributed by atoms with Crippen LogP contribution in [0.25, 0.3) is 22.0 Å². The predicted molar refractivity (Wildman–Crippen MR) is 119 cm³/mol. The van der Waals surface area contributed by atoms with Gasteiger partial charge in [0.15, 0.2) is 0 Å². The molecule has 0 unspecified atom stereocenters. The molecule has 6 nitrogen and oxygen atoms in total. The number of aromatic hydroxyl groups is 1. The van der Waals surface area contributed by atoms with Crippen LogP contribution in [-0.4, -0.2) is 40.9 Å². The van der Waals surface area contributed by atoms with Crippen LogP contribution in [0.3, 0.4) is 0 Å². The molecule has 1 aliphatic heterocycles. The molecule has 1 saturated carbocycles. The minimum Gasteiger partial charge on any atom is -0.508 e. The van der Waals surface area contributed by atoms with Gasteiger partial charge in [-0.05, 0) is 67.0 Å². The molecule has 2 fully saturated rings. The number of fused-ring (bicyclic) bond motifs is 1. The molecule has 2 aliphatic rings.